The van der Waals surface area contributed by atoms with Crippen LogP contribution in [0.1, 0.15) is 38.2 Å². The molecule has 0 spiro atoms. The van der Waals surface area contributed by atoms with E-state index in [2.05, 4.69) is 5.32 Å². The summed E-state index contributed by atoms with van der Waals surface area (Å²) in [5.74, 6) is 0.747. The van der Waals surface area contributed by atoms with Gasteiger partial charge in [-0.3, -0.25) is 14.4 Å². The van der Waals surface area contributed by atoms with Gasteiger partial charge in [-0.25, -0.2) is 0 Å². The van der Waals surface area contributed by atoms with Crippen molar-refractivity contribution in [3.63, 3.8) is 0 Å². The minimum absolute atomic E-state index is 0.0215. The molecule has 7 nitrogen and oxygen atoms in total. The van der Waals surface area contributed by atoms with Gasteiger partial charge >= 0.3 is 0 Å². The molecule has 2 aliphatic heterocycles. The van der Waals surface area contributed by atoms with Gasteiger partial charge in [-0.05, 0) is 37.5 Å². The number of rotatable bonds is 6. The Balaban J connectivity index is 1.49. The monoisotopic (exact) mass is 373 g/mol. The number of nitrogens with one attached hydrogen (secondary N) is 1. The first-order valence-electron chi connectivity index (χ1n) is 9.38. The standard InChI is InChI=1S/C20H27N3O4/c1-20(8-6-17(24)21-20)9-7-18(25)23-11-10-22(19(26)14-23)13-15-4-3-5-16(12-15)27-2/h3-5,12H,6-11,13-14H2,1-2H3,(H,21,24)/t20-/m0/s1. The summed E-state index contributed by atoms with van der Waals surface area (Å²) in [5.41, 5.74) is 0.706. The number of carbonyl (C=O) groups excluding carboxylic acids is 3. The third-order valence-electron chi connectivity index (χ3n) is 5.41. The van der Waals surface area contributed by atoms with Crippen LogP contribution in [0.4, 0.5) is 0 Å². The van der Waals surface area contributed by atoms with E-state index in [0.29, 0.717) is 38.9 Å². The summed E-state index contributed by atoms with van der Waals surface area (Å²) >= 11 is 0. The fourth-order valence-electron chi connectivity index (χ4n) is 3.66. The third kappa shape index (κ3) is 4.78. The maximum absolute atomic E-state index is 12.5. The summed E-state index contributed by atoms with van der Waals surface area (Å²) in [6.07, 6.45) is 2.23. The van der Waals surface area contributed by atoms with Crippen LogP contribution in [-0.4, -0.2) is 59.8 Å². The molecule has 3 amide bonds. The molecule has 0 aromatic heterocycles. The van der Waals surface area contributed by atoms with Crippen LogP contribution in [0.15, 0.2) is 24.3 Å². The van der Waals surface area contributed by atoms with Crippen LogP contribution >= 0.6 is 0 Å². The van der Waals surface area contributed by atoms with Gasteiger partial charge in [0.05, 0.1) is 13.7 Å². The highest BCUT2D eigenvalue weighted by atomic mass is 16.5. The Kier molecular flexibility index (Phi) is 5.68. The lowest BCUT2D eigenvalue weighted by Crippen LogP contribution is -2.52. The Morgan fingerprint density at radius 2 is 2.11 bits per heavy atom. The van der Waals surface area contributed by atoms with Crippen LogP contribution in [0.2, 0.25) is 0 Å². The molecule has 1 aromatic carbocycles. The highest BCUT2D eigenvalue weighted by molar-refractivity contribution is 5.86. The third-order valence-corrected chi connectivity index (χ3v) is 5.41. The summed E-state index contributed by atoms with van der Waals surface area (Å²) in [4.78, 5) is 39.8. The molecule has 7 heteroatoms. The molecular formula is C20H27N3O4. The molecule has 146 valence electrons. The zero-order valence-corrected chi connectivity index (χ0v) is 16.0. The molecule has 2 aliphatic rings. The summed E-state index contributed by atoms with van der Waals surface area (Å²) in [7, 11) is 1.62. The van der Waals surface area contributed by atoms with Crippen molar-refractivity contribution in [1.29, 1.82) is 0 Å². The molecule has 1 atom stereocenters. The number of hydrogen-bond donors (Lipinski definition) is 1. The SMILES string of the molecule is COc1cccc(CN2CCN(C(=O)CC[C@]3(C)CCC(=O)N3)CC2=O)c1. The maximum atomic E-state index is 12.5. The van der Waals surface area contributed by atoms with Crippen molar-refractivity contribution < 1.29 is 19.1 Å². The van der Waals surface area contributed by atoms with Crippen LogP contribution in [-0.2, 0) is 20.9 Å². The smallest absolute Gasteiger partial charge is 0.242 e. The molecule has 1 aromatic rings. The lowest BCUT2D eigenvalue weighted by Gasteiger charge is -2.35. The van der Waals surface area contributed by atoms with E-state index in [0.717, 1.165) is 17.7 Å². The highest BCUT2D eigenvalue weighted by Gasteiger charge is 2.34. The van der Waals surface area contributed by atoms with Crippen molar-refractivity contribution >= 4 is 17.7 Å². The number of ether oxygens (including phenoxy) is 1. The fraction of sp³-hybridized carbons (Fsp3) is 0.550. The Hall–Kier alpha value is -2.57. The van der Waals surface area contributed by atoms with Gasteiger partial charge < -0.3 is 19.9 Å². The van der Waals surface area contributed by atoms with Crippen LogP contribution in [0.3, 0.4) is 0 Å². The van der Waals surface area contributed by atoms with Crippen molar-refractivity contribution in [1.82, 2.24) is 15.1 Å². The predicted molar refractivity (Wildman–Crippen MR) is 100 cm³/mol. The van der Waals surface area contributed by atoms with Crippen LogP contribution in [0, 0.1) is 0 Å². The molecule has 27 heavy (non-hydrogen) atoms. The second kappa shape index (κ2) is 7.98. The lowest BCUT2D eigenvalue weighted by molar-refractivity contribution is -0.145. The van der Waals surface area contributed by atoms with Crippen LogP contribution in [0.25, 0.3) is 0 Å². The van der Waals surface area contributed by atoms with Gasteiger partial charge in [0.2, 0.25) is 17.7 Å². The van der Waals surface area contributed by atoms with Gasteiger partial charge in [0.15, 0.2) is 0 Å². The maximum Gasteiger partial charge on any atom is 0.242 e. The van der Waals surface area contributed by atoms with Gasteiger partial charge in [-0.15, -0.1) is 0 Å². The van der Waals surface area contributed by atoms with Gasteiger partial charge in [0, 0.05) is 38.0 Å². The van der Waals surface area contributed by atoms with E-state index in [-0.39, 0.29) is 29.8 Å². The molecular weight excluding hydrogens is 346 g/mol. The van der Waals surface area contributed by atoms with Gasteiger partial charge in [-0.1, -0.05) is 12.1 Å². The minimum Gasteiger partial charge on any atom is -0.497 e. The molecule has 2 heterocycles. The minimum atomic E-state index is -0.301. The second-order valence-corrected chi connectivity index (χ2v) is 7.59. The van der Waals surface area contributed by atoms with E-state index >= 15 is 0 Å². The summed E-state index contributed by atoms with van der Waals surface area (Å²) in [6.45, 7) is 3.67. The zero-order valence-electron chi connectivity index (χ0n) is 16.0. The molecule has 2 saturated heterocycles. The van der Waals surface area contributed by atoms with E-state index in [4.69, 9.17) is 4.74 Å². The number of carbonyl (C=O) groups is 3. The Bertz CT molecular complexity index is 736. The number of piperazine rings is 1. The fourth-order valence-corrected chi connectivity index (χ4v) is 3.66. The van der Waals surface area contributed by atoms with Crippen molar-refractivity contribution in [3.8, 4) is 5.75 Å². The van der Waals surface area contributed by atoms with Crippen molar-refractivity contribution in [2.24, 2.45) is 0 Å². The van der Waals surface area contributed by atoms with Crippen molar-refractivity contribution in [2.75, 3.05) is 26.7 Å². The van der Waals surface area contributed by atoms with Gasteiger partial charge in [-0.2, -0.15) is 0 Å². The average molecular weight is 373 g/mol. The summed E-state index contributed by atoms with van der Waals surface area (Å²) < 4.78 is 5.22. The Morgan fingerprint density at radius 1 is 1.30 bits per heavy atom. The average Bonchev–Trinajstić information content (AvgIpc) is 3.01. The first-order valence-corrected chi connectivity index (χ1v) is 9.38. The largest absolute Gasteiger partial charge is 0.497 e. The molecule has 1 N–H and O–H groups in total. The van der Waals surface area contributed by atoms with E-state index in [1.165, 1.54) is 0 Å². The zero-order chi connectivity index (χ0) is 19.4. The Labute approximate surface area is 159 Å². The molecule has 0 saturated carbocycles. The molecule has 2 fully saturated rings. The summed E-state index contributed by atoms with van der Waals surface area (Å²) in [5, 5.41) is 2.95. The van der Waals surface area contributed by atoms with Crippen molar-refractivity contribution in [3.05, 3.63) is 29.8 Å². The Morgan fingerprint density at radius 3 is 2.78 bits per heavy atom. The van der Waals surface area contributed by atoms with E-state index < -0.39 is 0 Å². The van der Waals surface area contributed by atoms with E-state index in [9.17, 15) is 14.4 Å². The highest BCUT2D eigenvalue weighted by Crippen LogP contribution is 2.25. The summed E-state index contributed by atoms with van der Waals surface area (Å²) in [6, 6.07) is 7.65. The van der Waals surface area contributed by atoms with Gasteiger partial charge in [0.25, 0.3) is 0 Å². The lowest BCUT2D eigenvalue weighted by atomic mass is 9.94. The number of benzene rings is 1. The topological polar surface area (TPSA) is 79.0 Å². The molecule has 0 bridgehead atoms. The van der Waals surface area contributed by atoms with Crippen LogP contribution in [0.5, 0.6) is 5.75 Å². The van der Waals surface area contributed by atoms with Crippen LogP contribution < -0.4 is 10.1 Å². The molecule has 0 aliphatic carbocycles. The molecule has 0 unspecified atom stereocenters. The first kappa shape index (κ1) is 19.2. The molecule has 3 rings (SSSR count). The number of hydrogen-bond acceptors (Lipinski definition) is 4. The number of amides is 3. The molecule has 0 radical (unpaired) electrons. The van der Waals surface area contributed by atoms with Crippen molar-refractivity contribution in [2.45, 2.75) is 44.7 Å². The number of methoxy groups -OCH3 is 1. The first-order chi connectivity index (χ1) is 12.9. The van der Waals surface area contributed by atoms with E-state index in [1.807, 2.05) is 31.2 Å². The normalized spacial score (nSPS) is 22.7. The van der Waals surface area contributed by atoms with E-state index in [1.54, 1.807) is 16.9 Å². The second-order valence-electron chi connectivity index (χ2n) is 7.59. The number of nitrogens with zero attached hydrogens (tertiary/aromatic N) is 2. The quantitative estimate of drug-likeness (QED) is 0.816. The van der Waals surface area contributed by atoms with Gasteiger partial charge in [0.1, 0.15) is 5.75 Å². The predicted octanol–water partition coefficient (Wildman–Crippen LogP) is 1.31.